The summed E-state index contributed by atoms with van der Waals surface area (Å²) in [6, 6.07) is 10.6. The third kappa shape index (κ3) is 4.77. The van der Waals surface area contributed by atoms with E-state index in [1.165, 1.54) is 5.56 Å². The van der Waals surface area contributed by atoms with Crippen LogP contribution in [0, 0.1) is 5.92 Å². The van der Waals surface area contributed by atoms with Crippen LogP contribution in [0.2, 0.25) is 0 Å². The molecule has 2 aliphatic heterocycles. The molecule has 5 heteroatoms. The fraction of sp³-hybridized carbons (Fsp3) is 0.611. The molecule has 1 N–H and O–H groups in total. The van der Waals surface area contributed by atoms with Crippen LogP contribution in [-0.2, 0) is 14.3 Å². The minimum absolute atomic E-state index is 0.164. The predicted molar refractivity (Wildman–Crippen MR) is 88.1 cm³/mol. The fourth-order valence-electron chi connectivity index (χ4n) is 3.26. The van der Waals surface area contributed by atoms with Crippen molar-refractivity contribution in [3.63, 3.8) is 0 Å². The molecule has 126 valence electrons. The van der Waals surface area contributed by atoms with Gasteiger partial charge in [0.1, 0.15) is 0 Å². The minimum atomic E-state index is 0.164. The van der Waals surface area contributed by atoms with Crippen molar-refractivity contribution in [2.24, 2.45) is 5.92 Å². The van der Waals surface area contributed by atoms with Gasteiger partial charge in [0.2, 0.25) is 5.91 Å². The predicted octanol–water partition coefficient (Wildman–Crippen LogP) is 1.60. The number of carbonyl (C=O) groups is 1. The SMILES string of the molecule is O=C(CNC(CC1CCOC1)c1ccccc1)N1CCOCC1. The van der Waals surface area contributed by atoms with Crippen LogP contribution >= 0.6 is 0 Å². The number of rotatable bonds is 6. The number of benzene rings is 1. The van der Waals surface area contributed by atoms with Crippen molar-refractivity contribution in [2.75, 3.05) is 46.1 Å². The van der Waals surface area contributed by atoms with Gasteiger partial charge in [-0.3, -0.25) is 4.79 Å². The largest absolute Gasteiger partial charge is 0.381 e. The lowest BCUT2D eigenvalue weighted by Crippen LogP contribution is -2.45. The minimum Gasteiger partial charge on any atom is -0.381 e. The van der Waals surface area contributed by atoms with Gasteiger partial charge in [-0.25, -0.2) is 0 Å². The van der Waals surface area contributed by atoms with E-state index in [0.717, 1.165) is 26.1 Å². The van der Waals surface area contributed by atoms with E-state index in [2.05, 4.69) is 29.6 Å². The normalized spacial score (nSPS) is 23.0. The summed E-state index contributed by atoms with van der Waals surface area (Å²) < 4.78 is 10.8. The van der Waals surface area contributed by atoms with Crippen molar-refractivity contribution in [3.05, 3.63) is 35.9 Å². The lowest BCUT2D eigenvalue weighted by atomic mass is 9.94. The number of hydrogen-bond acceptors (Lipinski definition) is 4. The third-order valence-corrected chi connectivity index (χ3v) is 4.66. The molecule has 1 aromatic rings. The molecule has 1 aromatic carbocycles. The van der Waals surface area contributed by atoms with Gasteiger partial charge in [-0.2, -0.15) is 0 Å². The Balaban J connectivity index is 1.57. The molecule has 2 fully saturated rings. The van der Waals surface area contributed by atoms with Crippen LogP contribution in [0.3, 0.4) is 0 Å². The highest BCUT2D eigenvalue weighted by Gasteiger charge is 2.23. The molecular weight excluding hydrogens is 292 g/mol. The fourth-order valence-corrected chi connectivity index (χ4v) is 3.26. The molecule has 0 saturated carbocycles. The second-order valence-electron chi connectivity index (χ2n) is 6.30. The maximum Gasteiger partial charge on any atom is 0.236 e. The Labute approximate surface area is 137 Å². The molecule has 0 bridgehead atoms. The zero-order valence-electron chi connectivity index (χ0n) is 13.6. The third-order valence-electron chi connectivity index (χ3n) is 4.66. The molecule has 2 heterocycles. The van der Waals surface area contributed by atoms with Crippen molar-refractivity contribution in [3.8, 4) is 0 Å². The molecule has 0 aromatic heterocycles. The summed E-state index contributed by atoms with van der Waals surface area (Å²) in [5.74, 6) is 0.739. The molecule has 2 atom stereocenters. The van der Waals surface area contributed by atoms with Gasteiger partial charge >= 0.3 is 0 Å². The van der Waals surface area contributed by atoms with E-state index in [4.69, 9.17) is 9.47 Å². The standard InChI is InChI=1S/C18H26N2O3/c21-18(20-7-10-22-11-8-20)13-19-17(12-15-6-9-23-14-15)16-4-2-1-3-5-16/h1-5,15,17,19H,6-14H2. The van der Waals surface area contributed by atoms with Crippen molar-refractivity contribution >= 4 is 5.91 Å². The molecule has 2 unspecified atom stereocenters. The van der Waals surface area contributed by atoms with Gasteiger partial charge in [-0.05, 0) is 24.3 Å². The number of nitrogens with zero attached hydrogens (tertiary/aromatic N) is 1. The van der Waals surface area contributed by atoms with Crippen molar-refractivity contribution in [1.82, 2.24) is 10.2 Å². The van der Waals surface area contributed by atoms with Crippen molar-refractivity contribution < 1.29 is 14.3 Å². The topological polar surface area (TPSA) is 50.8 Å². The Bertz CT molecular complexity index is 482. The monoisotopic (exact) mass is 318 g/mol. The van der Waals surface area contributed by atoms with Crippen LogP contribution < -0.4 is 5.32 Å². The summed E-state index contributed by atoms with van der Waals surface area (Å²) in [4.78, 5) is 14.2. The number of morpholine rings is 1. The molecular formula is C18H26N2O3. The first-order valence-corrected chi connectivity index (χ1v) is 8.54. The highest BCUT2D eigenvalue weighted by Crippen LogP contribution is 2.26. The number of amides is 1. The summed E-state index contributed by atoms with van der Waals surface area (Å²) in [5.41, 5.74) is 1.24. The lowest BCUT2D eigenvalue weighted by Gasteiger charge is -2.28. The maximum atomic E-state index is 12.4. The van der Waals surface area contributed by atoms with Gasteiger partial charge in [0, 0.05) is 32.3 Å². The van der Waals surface area contributed by atoms with E-state index in [1.54, 1.807) is 0 Å². The van der Waals surface area contributed by atoms with E-state index in [-0.39, 0.29) is 11.9 Å². The van der Waals surface area contributed by atoms with Crippen LogP contribution in [-0.4, -0.2) is 56.9 Å². The van der Waals surface area contributed by atoms with Gasteiger partial charge in [0.15, 0.2) is 0 Å². The molecule has 2 saturated heterocycles. The van der Waals surface area contributed by atoms with Gasteiger partial charge in [-0.15, -0.1) is 0 Å². The summed E-state index contributed by atoms with van der Waals surface area (Å²) in [7, 11) is 0. The summed E-state index contributed by atoms with van der Waals surface area (Å²) >= 11 is 0. The first kappa shape index (κ1) is 16.4. The van der Waals surface area contributed by atoms with Crippen LogP contribution in [0.4, 0.5) is 0 Å². The zero-order chi connectivity index (χ0) is 15.9. The van der Waals surface area contributed by atoms with E-state index >= 15 is 0 Å². The van der Waals surface area contributed by atoms with Crippen LogP contribution in [0.5, 0.6) is 0 Å². The first-order chi connectivity index (χ1) is 11.3. The zero-order valence-corrected chi connectivity index (χ0v) is 13.6. The van der Waals surface area contributed by atoms with Gasteiger partial charge in [-0.1, -0.05) is 30.3 Å². The quantitative estimate of drug-likeness (QED) is 0.866. The Morgan fingerprint density at radius 2 is 1.96 bits per heavy atom. The molecule has 3 rings (SSSR count). The Kier molecular flexibility index (Phi) is 6.02. The molecule has 23 heavy (non-hydrogen) atoms. The van der Waals surface area contributed by atoms with Crippen molar-refractivity contribution in [1.29, 1.82) is 0 Å². The second-order valence-corrected chi connectivity index (χ2v) is 6.30. The van der Waals surface area contributed by atoms with E-state index in [9.17, 15) is 4.79 Å². The molecule has 5 nitrogen and oxygen atoms in total. The Hall–Kier alpha value is -1.43. The van der Waals surface area contributed by atoms with Gasteiger partial charge in [0.05, 0.1) is 19.8 Å². The molecule has 0 radical (unpaired) electrons. The van der Waals surface area contributed by atoms with E-state index < -0.39 is 0 Å². The molecule has 0 aliphatic carbocycles. The number of hydrogen-bond donors (Lipinski definition) is 1. The van der Waals surface area contributed by atoms with Crippen LogP contribution in [0.25, 0.3) is 0 Å². The molecule has 0 spiro atoms. The summed E-state index contributed by atoms with van der Waals surface area (Å²) in [5, 5.41) is 3.47. The first-order valence-electron chi connectivity index (χ1n) is 8.54. The average Bonchev–Trinajstić information content (AvgIpc) is 3.13. The number of ether oxygens (including phenoxy) is 2. The van der Waals surface area contributed by atoms with Crippen molar-refractivity contribution in [2.45, 2.75) is 18.9 Å². The van der Waals surface area contributed by atoms with Crippen LogP contribution in [0.1, 0.15) is 24.4 Å². The van der Waals surface area contributed by atoms with Gasteiger partial charge < -0.3 is 19.7 Å². The van der Waals surface area contributed by atoms with E-state index in [1.807, 2.05) is 11.0 Å². The van der Waals surface area contributed by atoms with E-state index in [0.29, 0.717) is 38.8 Å². The second kappa shape index (κ2) is 8.43. The Morgan fingerprint density at radius 1 is 1.17 bits per heavy atom. The highest BCUT2D eigenvalue weighted by molar-refractivity contribution is 5.78. The number of nitrogens with one attached hydrogen (secondary N) is 1. The summed E-state index contributed by atoms with van der Waals surface area (Å²) in [6.07, 6.45) is 2.13. The molecule has 1 amide bonds. The van der Waals surface area contributed by atoms with Crippen LogP contribution in [0.15, 0.2) is 30.3 Å². The summed E-state index contributed by atoms with van der Waals surface area (Å²) in [6.45, 7) is 4.77. The van der Waals surface area contributed by atoms with Gasteiger partial charge in [0.25, 0.3) is 0 Å². The Morgan fingerprint density at radius 3 is 2.65 bits per heavy atom. The lowest BCUT2D eigenvalue weighted by molar-refractivity contribution is -0.134. The maximum absolute atomic E-state index is 12.4. The molecule has 2 aliphatic rings. The average molecular weight is 318 g/mol. The number of carbonyl (C=O) groups excluding carboxylic acids is 1. The highest BCUT2D eigenvalue weighted by atomic mass is 16.5. The smallest absolute Gasteiger partial charge is 0.236 e.